The van der Waals surface area contributed by atoms with Crippen LogP contribution in [0.25, 0.3) is 0 Å². The van der Waals surface area contributed by atoms with Gasteiger partial charge in [-0.05, 0) is 12.8 Å². The van der Waals surface area contributed by atoms with Gasteiger partial charge >= 0.3 is 7.82 Å². The summed E-state index contributed by atoms with van der Waals surface area (Å²) in [5, 5.41) is 24.6. The molecule has 1 amide bonds. The number of aliphatic hydroxyl groups excluding tert-OH is 2. The van der Waals surface area contributed by atoms with Crippen LogP contribution >= 0.6 is 7.82 Å². The third-order valence-corrected chi connectivity index (χ3v) is 10.9. The lowest BCUT2D eigenvalue weighted by Crippen LogP contribution is -2.51. The Morgan fingerprint density at radius 1 is 0.608 bits per heavy atom. The predicted molar refractivity (Wildman–Crippen MR) is 214 cm³/mol. The Kier molecular flexibility index (Phi) is 33.6. The van der Waals surface area contributed by atoms with Gasteiger partial charge in [0.15, 0.2) is 0 Å². The molecule has 0 saturated carbocycles. The molecule has 0 aromatic carbocycles. The first-order valence-electron chi connectivity index (χ1n) is 21.5. The number of aliphatic hydroxyl groups is 2. The molecule has 0 rings (SSSR count). The van der Waals surface area contributed by atoms with E-state index in [0.717, 1.165) is 38.5 Å². The van der Waals surface area contributed by atoms with E-state index in [4.69, 9.17) is 9.05 Å². The third kappa shape index (κ3) is 34.9. The molecular weight excluding hydrogens is 663 g/mol. The van der Waals surface area contributed by atoms with E-state index in [1.54, 1.807) is 0 Å². The van der Waals surface area contributed by atoms with Crippen molar-refractivity contribution in [3.8, 4) is 0 Å². The highest BCUT2D eigenvalue weighted by Crippen LogP contribution is 2.43. The van der Waals surface area contributed by atoms with Gasteiger partial charge in [-0.1, -0.05) is 181 Å². The first-order chi connectivity index (χ1) is 24.4. The van der Waals surface area contributed by atoms with Crippen molar-refractivity contribution in [3.05, 3.63) is 0 Å². The maximum absolute atomic E-state index is 12.9. The minimum Gasteiger partial charge on any atom is -0.390 e. The van der Waals surface area contributed by atoms with Crippen molar-refractivity contribution in [1.29, 1.82) is 0 Å². The van der Waals surface area contributed by atoms with E-state index in [-0.39, 0.29) is 12.5 Å². The summed E-state index contributed by atoms with van der Waals surface area (Å²) in [5.41, 5.74) is 0. The van der Waals surface area contributed by atoms with Crippen LogP contribution < -0.4 is 5.32 Å². The molecule has 9 nitrogen and oxygen atoms in total. The van der Waals surface area contributed by atoms with Gasteiger partial charge in [-0.3, -0.25) is 13.8 Å². The second kappa shape index (κ2) is 34.0. The maximum atomic E-state index is 12.9. The Balaban J connectivity index is 4.50. The van der Waals surface area contributed by atoms with E-state index in [2.05, 4.69) is 19.2 Å². The highest BCUT2D eigenvalue weighted by atomic mass is 31.2. The van der Waals surface area contributed by atoms with E-state index in [1.807, 2.05) is 21.1 Å². The van der Waals surface area contributed by atoms with Crippen LogP contribution in [0.15, 0.2) is 0 Å². The number of quaternary nitrogens is 1. The molecule has 51 heavy (non-hydrogen) atoms. The summed E-state index contributed by atoms with van der Waals surface area (Å²) in [6.45, 7) is 4.61. The zero-order valence-corrected chi connectivity index (χ0v) is 35.1. The molecular formula is C41H86N2O7P+. The van der Waals surface area contributed by atoms with Gasteiger partial charge in [-0.15, -0.1) is 0 Å². The van der Waals surface area contributed by atoms with Gasteiger partial charge in [0.05, 0.1) is 39.9 Å². The van der Waals surface area contributed by atoms with Crippen LogP contribution in [0.3, 0.4) is 0 Å². The van der Waals surface area contributed by atoms with Crippen molar-refractivity contribution in [2.24, 2.45) is 0 Å². The molecule has 0 aromatic rings. The lowest BCUT2D eigenvalue weighted by Gasteiger charge is -2.28. The average molecular weight is 750 g/mol. The number of phosphoric ester groups is 1. The van der Waals surface area contributed by atoms with Crippen LogP contribution in [0.4, 0.5) is 0 Å². The van der Waals surface area contributed by atoms with Crippen LogP contribution in [0.2, 0.25) is 0 Å². The van der Waals surface area contributed by atoms with Gasteiger partial charge in [0.1, 0.15) is 19.3 Å². The number of carbonyl (C=O) groups is 1. The molecule has 4 atom stereocenters. The molecule has 4 N–H and O–H groups in total. The van der Waals surface area contributed by atoms with E-state index in [9.17, 15) is 24.5 Å². The van der Waals surface area contributed by atoms with E-state index in [1.165, 1.54) is 135 Å². The Labute approximate surface area is 315 Å². The van der Waals surface area contributed by atoms with Crippen LogP contribution in [0, 0.1) is 0 Å². The van der Waals surface area contributed by atoms with Gasteiger partial charge in [0.2, 0.25) is 5.91 Å². The topological polar surface area (TPSA) is 125 Å². The summed E-state index contributed by atoms with van der Waals surface area (Å²) in [6.07, 6.45) is 31.5. The number of hydrogen-bond donors (Lipinski definition) is 4. The average Bonchev–Trinajstić information content (AvgIpc) is 3.07. The second-order valence-electron chi connectivity index (χ2n) is 16.2. The van der Waals surface area contributed by atoms with Crippen molar-refractivity contribution >= 4 is 13.7 Å². The van der Waals surface area contributed by atoms with E-state index >= 15 is 0 Å². The van der Waals surface area contributed by atoms with Crippen molar-refractivity contribution in [3.63, 3.8) is 0 Å². The highest BCUT2D eigenvalue weighted by molar-refractivity contribution is 7.47. The first kappa shape index (κ1) is 50.5. The Bertz CT molecular complexity index is 826. The summed E-state index contributed by atoms with van der Waals surface area (Å²) >= 11 is 0. The number of nitrogens with zero attached hydrogens (tertiary/aromatic N) is 1. The fourth-order valence-electron chi connectivity index (χ4n) is 6.44. The molecule has 0 fully saturated rings. The smallest absolute Gasteiger partial charge is 0.390 e. The number of hydrogen-bond acceptors (Lipinski definition) is 6. The van der Waals surface area contributed by atoms with Crippen LogP contribution in [-0.2, 0) is 18.4 Å². The van der Waals surface area contributed by atoms with Crippen molar-refractivity contribution in [2.45, 2.75) is 218 Å². The van der Waals surface area contributed by atoms with Gasteiger partial charge in [-0.25, -0.2) is 4.57 Å². The molecule has 0 aromatic heterocycles. The van der Waals surface area contributed by atoms with Gasteiger partial charge in [-0.2, -0.15) is 0 Å². The molecule has 10 heteroatoms. The van der Waals surface area contributed by atoms with Crippen molar-refractivity contribution in [1.82, 2.24) is 5.32 Å². The number of likely N-dealkylation sites (N-methyl/N-ethyl adjacent to an activating group) is 1. The van der Waals surface area contributed by atoms with Gasteiger partial charge in [0, 0.05) is 6.42 Å². The van der Waals surface area contributed by atoms with Gasteiger partial charge in [0.25, 0.3) is 0 Å². The summed E-state index contributed by atoms with van der Waals surface area (Å²) in [4.78, 5) is 23.1. The van der Waals surface area contributed by atoms with Crippen LogP contribution in [-0.4, -0.2) is 84.6 Å². The zero-order valence-electron chi connectivity index (χ0n) is 34.2. The monoisotopic (exact) mass is 750 g/mol. The molecule has 0 radical (unpaired) electrons. The first-order valence-corrected chi connectivity index (χ1v) is 23.0. The molecule has 0 aliphatic rings. The van der Waals surface area contributed by atoms with Crippen LogP contribution in [0.5, 0.6) is 0 Å². The number of carbonyl (C=O) groups excluding carboxylic acids is 1. The van der Waals surface area contributed by atoms with E-state index < -0.39 is 32.7 Å². The maximum Gasteiger partial charge on any atom is 0.472 e. The highest BCUT2D eigenvalue weighted by Gasteiger charge is 2.31. The van der Waals surface area contributed by atoms with Gasteiger partial charge < -0.3 is 24.9 Å². The normalized spacial score (nSPS) is 15.1. The summed E-state index contributed by atoms with van der Waals surface area (Å²) in [5.74, 6) is -0.256. The van der Waals surface area contributed by atoms with Crippen molar-refractivity contribution < 1.29 is 38.0 Å². The Hall–Kier alpha value is -0.540. The number of phosphoric acid groups is 1. The molecule has 0 aliphatic carbocycles. The minimum atomic E-state index is -4.40. The van der Waals surface area contributed by atoms with E-state index in [0.29, 0.717) is 23.9 Å². The standard InChI is InChI=1S/C41H85N2O7P/c1-6-8-10-12-14-16-18-20-21-22-24-26-28-30-32-34-40(45)42-38(37-50-51(47,48)49-36-35-43(3,4)5)41(46)39(44)33-31-29-27-25-23-19-17-15-13-11-9-7-2/h38-39,41,44,46H,6-37H2,1-5H3,(H-,42,45,47,48)/p+1. The third-order valence-electron chi connectivity index (χ3n) is 9.95. The summed E-state index contributed by atoms with van der Waals surface area (Å²) in [7, 11) is 1.45. The number of amides is 1. The summed E-state index contributed by atoms with van der Waals surface area (Å²) in [6, 6.07) is -1.02. The largest absolute Gasteiger partial charge is 0.472 e. The number of nitrogens with one attached hydrogen (secondary N) is 1. The zero-order chi connectivity index (χ0) is 38.1. The number of unbranched alkanes of at least 4 members (excludes halogenated alkanes) is 25. The molecule has 0 saturated heterocycles. The molecule has 306 valence electrons. The Morgan fingerprint density at radius 2 is 0.980 bits per heavy atom. The molecule has 4 unspecified atom stereocenters. The molecule has 0 spiro atoms. The minimum absolute atomic E-state index is 0.0254. The van der Waals surface area contributed by atoms with Crippen molar-refractivity contribution in [2.75, 3.05) is 40.9 Å². The molecule has 0 heterocycles. The fourth-order valence-corrected chi connectivity index (χ4v) is 7.17. The molecule has 0 bridgehead atoms. The molecule has 0 aliphatic heterocycles. The lowest BCUT2D eigenvalue weighted by atomic mass is 9.99. The second-order valence-corrected chi connectivity index (χ2v) is 17.7. The van der Waals surface area contributed by atoms with Crippen LogP contribution in [0.1, 0.15) is 200 Å². The lowest BCUT2D eigenvalue weighted by molar-refractivity contribution is -0.870. The fraction of sp³-hybridized carbons (Fsp3) is 0.976. The number of rotatable bonds is 39. The quantitative estimate of drug-likeness (QED) is 0.0280. The predicted octanol–water partition coefficient (Wildman–Crippen LogP) is 10.4. The summed E-state index contributed by atoms with van der Waals surface area (Å²) < 4.78 is 23.5. The SMILES string of the molecule is CCCCCCCCCCCCCCCCCC(=O)NC(COP(=O)(O)OCC[N+](C)(C)C)C(O)C(O)CCCCCCCCCCCCCC. The Morgan fingerprint density at radius 3 is 1.37 bits per heavy atom.